The molecular weight excluding hydrogens is 300 g/mol. The highest BCUT2D eigenvalue weighted by Crippen LogP contribution is 2.32. The molecule has 0 unspecified atom stereocenters. The molecule has 0 fully saturated rings. The predicted octanol–water partition coefficient (Wildman–Crippen LogP) is 2.21. The number of rotatable bonds is 4. The fourth-order valence-electron chi connectivity index (χ4n) is 3.88. The second-order valence-corrected chi connectivity index (χ2v) is 6.66. The van der Waals surface area contributed by atoms with Crippen LogP contribution in [0.3, 0.4) is 0 Å². The second-order valence-electron chi connectivity index (χ2n) is 6.66. The Morgan fingerprint density at radius 2 is 1.88 bits per heavy atom. The summed E-state index contributed by atoms with van der Waals surface area (Å²) < 4.78 is 5.83. The molecule has 4 nitrogen and oxygen atoms in total. The van der Waals surface area contributed by atoms with Gasteiger partial charge in [-0.3, -0.25) is 9.69 Å². The van der Waals surface area contributed by atoms with Crippen LogP contribution in [0, 0.1) is 0 Å². The van der Waals surface area contributed by atoms with E-state index < -0.39 is 0 Å². The molecule has 0 atom stereocenters. The summed E-state index contributed by atoms with van der Waals surface area (Å²) in [5, 5.41) is 0. The monoisotopic (exact) mass is 322 g/mol. The summed E-state index contributed by atoms with van der Waals surface area (Å²) in [6, 6.07) is 12.7. The highest BCUT2D eigenvalue weighted by atomic mass is 16.5. The molecule has 2 N–H and O–H groups in total. The minimum absolute atomic E-state index is 0.261. The third-order valence-corrected chi connectivity index (χ3v) is 5.00. The number of primary amides is 1. The van der Waals surface area contributed by atoms with Crippen molar-refractivity contribution in [3.8, 4) is 5.75 Å². The molecule has 2 aromatic carbocycles. The Morgan fingerprint density at radius 1 is 1.08 bits per heavy atom. The molecular formula is C20H22N2O2. The number of amides is 1. The fraction of sp³-hybridized carbons (Fsp3) is 0.350. The Morgan fingerprint density at radius 3 is 2.71 bits per heavy atom. The highest BCUT2D eigenvalue weighted by molar-refractivity contribution is 5.77. The minimum atomic E-state index is -0.261. The van der Waals surface area contributed by atoms with E-state index in [2.05, 4.69) is 29.2 Å². The van der Waals surface area contributed by atoms with E-state index in [1.165, 1.54) is 22.3 Å². The van der Waals surface area contributed by atoms with Gasteiger partial charge in [0, 0.05) is 31.6 Å². The number of hydrogen-bond donors (Lipinski definition) is 1. The lowest BCUT2D eigenvalue weighted by molar-refractivity contribution is -0.117. The van der Waals surface area contributed by atoms with Gasteiger partial charge < -0.3 is 10.5 Å². The maximum atomic E-state index is 11.3. The van der Waals surface area contributed by atoms with Crippen molar-refractivity contribution < 1.29 is 9.53 Å². The van der Waals surface area contributed by atoms with Gasteiger partial charge in [-0.15, -0.1) is 0 Å². The smallest absolute Gasteiger partial charge is 0.221 e. The lowest BCUT2D eigenvalue weighted by atomic mass is 9.92. The number of carbonyl (C=O) groups excluding carboxylic acids is 1. The second kappa shape index (κ2) is 6.29. The lowest BCUT2D eigenvalue weighted by Crippen LogP contribution is -2.31. The summed E-state index contributed by atoms with van der Waals surface area (Å²) in [5.74, 6) is 0.827. The van der Waals surface area contributed by atoms with Gasteiger partial charge in [-0.1, -0.05) is 36.4 Å². The van der Waals surface area contributed by atoms with Crippen LogP contribution in [-0.2, 0) is 37.1 Å². The van der Waals surface area contributed by atoms with E-state index in [0.29, 0.717) is 6.42 Å². The molecule has 124 valence electrons. The number of fused-ring (bicyclic) bond motifs is 2. The van der Waals surface area contributed by atoms with E-state index in [-0.39, 0.29) is 5.91 Å². The molecule has 0 saturated carbocycles. The maximum Gasteiger partial charge on any atom is 0.221 e. The van der Waals surface area contributed by atoms with E-state index in [9.17, 15) is 4.79 Å². The van der Waals surface area contributed by atoms with Crippen molar-refractivity contribution in [3.63, 3.8) is 0 Å². The third kappa shape index (κ3) is 2.89. The molecule has 24 heavy (non-hydrogen) atoms. The van der Waals surface area contributed by atoms with Crippen LogP contribution in [0.25, 0.3) is 0 Å². The Balaban J connectivity index is 1.53. The molecule has 0 aromatic heterocycles. The molecule has 0 spiro atoms. The molecule has 0 aliphatic carbocycles. The molecule has 4 heteroatoms. The first-order valence-electron chi connectivity index (χ1n) is 8.54. The van der Waals surface area contributed by atoms with Gasteiger partial charge in [0.1, 0.15) is 5.75 Å². The number of nitrogens with zero attached hydrogens (tertiary/aromatic N) is 1. The fourth-order valence-corrected chi connectivity index (χ4v) is 3.88. The summed E-state index contributed by atoms with van der Waals surface area (Å²) in [7, 11) is 0. The van der Waals surface area contributed by atoms with Crippen LogP contribution in [0.5, 0.6) is 5.75 Å². The van der Waals surface area contributed by atoms with Crippen LogP contribution in [0.15, 0.2) is 36.4 Å². The van der Waals surface area contributed by atoms with Crippen LogP contribution in [-0.4, -0.2) is 24.0 Å². The number of para-hydroxylation sites is 1. The first kappa shape index (κ1) is 15.2. The molecule has 2 heterocycles. The number of carbonyl (C=O) groups is 1. The van der Waals surface area contributed by atoms with E-state index in [1.807, 2.05) is 12.1 Å². The normalized spacial score (nSPS) is 16.3. The predicted molar refractivity (Wildman–Crippen MR) is 92.8 cm³/mol. The average molecular weight is 322 g/mol. The molecule has 2 aliphatic heterocycles. The van der Waals surface area contributed by atoms with Gasteiger partial charge >= 0.3 is 0 Å². The maximum absolute atomic E-state index is 11.3. The van der Waals surface area contributed by atoms with E-state index in [1.54, 1.807) is 0 Å². The largest absolute Gasteiger partial charge is 0.493 e. The number of benzene rings is 2. The van der Waals surface area contributed by atoms with Gasteiger partial charge in [0.2, 0.25) is 5.91 Å². The minimum Gasteiger partial charge on any atom is -0.493 e. The standard InChI is InChI=1S/C20H22N2O2/c21-19(23)11-15-4-2-5-16-12-22(9-7-18(15)16)13-17-6-1-3-14-8-10-24-20(14)17/h1-6H,7-13H2,(H2,21,23). The summed E-state index contributed by atoms with van der Waals surface area (Å²) in [6.07, 6.45) is 2.32. The Bertz CT molecular complexity index is 785. The zero-order valence-electron chi connectivity index (χ0n) is 13.8. The van der Waals surface area contributed by atoms with E-state index in [4.69, 9.17) is 10.5 Å². The Labute approximate surface area is 142 Å². The van der Waals surface area contributed by atoms with Crippen molar-refractivity contribution in [2.45, 2.75) is 32.4 Å². The van der Waals surface area contributed by atoms with Crippen molar-refractivity contribution in [2.75, 3.05) is 13.2 Å². The summed E-state index contributed by atoms with van der Waals surface area (Å²) in [6.45, 7) is 3.60. The Kier molecular flexibility index (Phi) is 3.98. The van der Waals surface area contributed by atoms with Crippen LogP contribution >= 0.6 is 0 Å². The van der Waals surface area contributed by atoms with Crippen LogP contribution in [0.2, 0.25) is 0 Å². The molecule has 1 amide bonds. The lowest BCUT2D eigenvalue weighted by Gasteiger charge is -2.30. The van der Waals surface area contributed by atoms with Crippen molar-refractivity contribution in [1.29, 1.82) is 0 Å². The zero-order chi connectivity index (χ0) is 16.5. The molecule has 2 aromatic rings. The van der Waals surface area contributed by atoms with Gasteiger partial charge in [-0.2, -0.15) is 0 Å². The van der Waals surface area contributed by atoms with Crippen molar-refractivity contribution in [3.05, 3.63) is 64.2 Å². The van der Waals surface area contributed by atoms with Gasteiger partial charge in [-0.25, -0.2) is 0 Å². The average Bonchev–Trinajstić information content (AvgIpc) is 3.04. The van der Waals surface area contributed by atoms with Crippen LogP contribution in [0.4, 0.5) is 0 Å². The van der Waals surface area contributed by atoms with Gasteiger partial charge in [-0.05, 0) is 28.7 Å². The topological polar surface area (TPSA) is 55.6 Å². The summed E-state index contributed by atoms with van der Waals surface area (Å²) in [5.41, 5.74) is 11.7. The van der Waals surface area contributed by atoms with Crippen LogP contribution < -0.4 is 10.5 Å². The van der Waals surface area contributed by atoms with Gasteiger partial charge in [0.15, 0.2) is 0 Å². The summed E-state index contributed by atoms with van der Waals surface area (Å²) >= 11 is 0. The van der Waals surface area contributed by atoms with Crippen molar-refractivity contribution in [1.82, 2.24) is 4.90 Å². The quantitative estimate of drug-likeness (QED) is 0.939. The first-order chi connectivity index (χ1) is 11.7. The molecule has 0 saturated heterocycles. The number of ether oxygens (including phenoxy) is 1. The highest BCUT2D eigenvalue weighted by Gasteiger charge is 2.22. The number of hydrogen-bond acceptors (Lipinski definition) is 3. The molecule has 0 bridgehead atoms. The van der Waals surface area contributed by atoms with Gasteiger partial charge in [0.25, 0.3) is 0 Å². The Hall–Kier alpha value is -2.33. The first-order valence-corrected chi connectivity index (χ1v) is 8.54. The number of nitrogens with two attached hydrogens (primary N) is 1. The molecule has 2 aliphatic rings. The van der Waals surface area contributed by atoms with E-state index >= 15 is 0 Å². The van der Waals surface area contributed by atoms with E-state index in [0.717, 1.165) is 50.4 Å². The SMILES string of the molecule is NC(=O)Cc1cccc2c1CCN(Cc1cccc3c1OCC3)C2. The summed E-state index contributed by atoms with van der Waals surface area (Å²) in [4.78, 5) is 13.7. The molecule has 4 rings (SSSR count). The zero-order valence-corrected chi connectivity index (χ0v) is 13.8. The van der Waals surface area contributed by atoms with Crippen LogP contribution in [0.1, 0.15) is 27.8 Å². The van der Waals surface area contributed by atoms with Gasteiger partial charge in [0.05, 0.1) is 13.0 Å². The molecule has 0 radical (unpaired) electrons. The van der Waals surface area contributed by atoms with Crippen molar-refractivity contribution in [2.24, 2.45) is 5.73 Å². The third-order valence-electron chi connectivity index (χ3n) is 5.00. The van der Waals surface area contributed by atoms with Crippen molar-refractivity contribution >= 4 is 5.91 Å².